The fourth-order valence-electron chi connectivity index (χ4n) is 3.22. The Kier molecular flexibility index (Phi) is 10.7. The summed E-state index contributed by atoms with van der Waals surface area (Å²) in [4.78, 5) is 23.9. The topological polar surface area (TPSA) is 46.2 Å². The van der Waals surface area contributed by atoms with E-state index in [0.29, 0.717) is 0 Å². The van der Waals surface area contributed by atoms with E-state index in [0.717, 1.165) is 49.7 Å². The third-order valence-electron chi connectivity index (χ3n) is 4.70. The standard InChI is InChI=1S/C20H35NO2/c1-3-5-7-9-11-13-15-17-18(20(23)21-19(17)22)16-14-12-10-8-6-4-2/h3-16H2,1-2H3,(H,21,22,23). The van der Waals surface area contributed by atoms with E-state index in [4.69, 9.17) is 0 Å². The molecule has 0 spiro atoms. The van der Waals surface area contributed by atoms with Crippen LogP contribution in [-0.4, -0.2) is 11.8 Å². The Labute approximate surface area is 142 Å². The second-order valence-electron chi connectivity index (χ2n) is 6.78. The van der Waals surface area contributed by atoms with Gasteiger partial charge >= 0.3 is 0 Å². The van der Waals surface area contributed by atoms with E-state index in [2.05, 4.69) is 19.2 Å². The van der Waals surface area contributed by atoms with Crippen molar-refractivity contribution in [3.8, 4) is 0 Å². The van der Waals surface area contributed by atoms with Crippen LogP contribution in [0.4, 0.5) is 0 Å². The Morgan fingerprint density at radius 3 is 1.30 bits per heavy atom. The van der Waals surface area contributed by atoms with Crippen molar-refractivity contribution in [3.63, 3.8) is 0 Å². The third kappa shape index (κ3) is 7.81. The summed E-state index contributed by atoms with van der Waals surface area (Å²) in [6, 6.07) is 0. The summed E-state index contributed by atoms with van der Waals surface area (Å²) in [6.07, 6.45) is 16.1. The number of carbonyl (C=O) groups is 2. The molecule has 2 amide bonds. The molecule has 0 aromatic heterocycles. The molecule has 23 heavy (non-hydrogen) atoms. The lowest BCUT2D eigenvalue weighted by molar-refractivity contribution is -0.124. The van der Waals surface area contributed by atoms with Crippen molar-refractivity contribution in [1.82, 2.24) is 5.32 Å². The molecule has 1 aliphatic heterocycles. The van der Waals surface area contributed by atoms with Crippen molar-refractivity contribution in [3.05, 3.63) is 11.1 Å². The van der Waals surface area contributed by atoms with E-state index >= 15 is 0 Å². The van der Waals surface area contributed by atoms with Crippen molar-refractivity contribution in [2.45, 2.75) is 104 Å². The molecule has 0 bridgehead atoms. The number of amides is 2. The molecular weight excluding hydrogens is 286 g/mol. The van der Waals surface area contributed by atoms with Gasteiger partial charge in [-0.15, -0.1) is 0 Å². The van der Waals surface area contributed by atoms with Crippen LogP contribution in [0.2, 0.25) is 0 Å². The summed E-state index contributed by atoms with van der Waals surface area (Å²) in [5.41, 5.74) is 1.55. The van der Waals surface area contributed by atoms with E-state index in [1.165, 1.54) is 51.4 Å². The number of hydrogen-bond acceptors (Lipinski definition) is 2. The average molecular weight is 322 g/mol. The molecule has 0 fully saturated rings. The quantitative estimate of drug-likeness (QED) is 0.342. The predicted octanol–water partition coefficient (Wildman–Crippen LogP) is 5.44. The van der Waals surface area contributed by atoms with E-state index in [9.17, 15) is 9.59 Å². The molecule has 0 saturated carbocycles. The lowest BCUT2D eigenvalue weighted by Crippen LogP contribution is -2.23. The molecule has 0 radical (unpaired) electrons. The van der Waals surface area contributed by atoms with Gasteiger partial charge in [-0.2, -0.15) is 0 Å². The molecule has 0 aromatic carbocycles. The zero-order valence-electron chi connectivity index (χ0n) is 15.2. The lowest BCUT2D eigenvalue weighted by atomic mass is 9.98. The summed E-state index contributed by atoms with van der Waals surface area (Å²) in [6.45, 7) is 4.43. The summed E-state index contributed by atoms with van der Waals surface area (Å²) in [5.74, 6) is -0.269. The second kappa shape index (κ2) is 12.3. The first-order valence-electron chi connectivity index (χ1n) is 9.78. The van der Waals surface area contributed by atoms with E-state index < -0.39 is 0 Å². The molecule has 1 N–H and O–H groups in total. The first kappa shape index (κ1) is 19.9. The Morgan fingerprint density at radius 1 is 0.565 bits per heavy atom. The molecule has 132 valence electrons. The highest BCUT2D eigenvalue weighted by molar-refractivity contribution is 6.19. The largest absolute Gasteiger partial charge is 0.289 e. The SMILES string of the molecule is CCCCCCCCC1=C(CCCCCCCC)C(=O)NC1=O. The molecule has 3 heteroatoms. The van der Waals surface area contributed by atoms with Crippen LogP contribution in [0.3, 0.4) is 0 Å². The average Bonchev–Trinajstić information content (AvgIpc) is 2.80. The van der Waals surface area contributed by atoms with Crippen molar-refractivity contribution in [1.29, 1.82) is 0 Å². The number of hydrogen-bond donors (Lipinski definition) is 1. The van der Waals surface area contributed by atoms with Gasteiger partial charge in [-0.3, -0.25) is 14.9 Å². The van der Waals surface area contributed by atoms with Gasteiger partial charge in [0.1, 0.15) is 0 Å². The van der Waals surface area contributed by atoms with Crippen LogP contribution >= 0.6 is 0 Å². The monoisotopic (exact) mass is 321 g/mol. The lowest BCUT2D eigenvalue weighted by Gasteiger charge is -2.05. The Balaban J connectivity index is 2.33. The smallest absolute Gasteiger partial charge is 0.254 e. The number of nitrogens with one attached hydrogen (secondary N) is 1. The fourth-order valence-corrected chi connectivity index (χ4v) is 3.22. The predicted molar refractivity (Wildman–Crippen MR) is 96.2 cm³/mol. The minimum atomic E-state index is -0.135. The van der Waals surface area contributed by atoms with Gasteiger partial charge in [0.15, 0.2) is 0 Å². The van der Waals surface area contributed by atoms with Gasteiger partial charge < -0.3 is 0 Å². The molecule has 0 unspecified atom stereocenters. The summed E-state index contributed by atoms with van der Waals surface area (Å²) in [5, 5.41) is 2.49. The molecule has 0 saturated heterocycles. The summed E-state index contributed by atoms with van der Waals surface area (Å²) < 4.78 is 0. The minimum absolute atomic E-state index is 0.135. The molecule has 1 aliphatic rings. The maximum absolute atomic E-state index is 11.9. The van der Waals surface area contributed by atoms with Gasteiger partial charge in [0.2, 0.25) is 0 Å². The van der Waals surface area contributed by atoms with Crippen molar-refractivity contribution in [2.24, 2.45) is 0 Å². The number of carbonyl (C=O) groups excluding carboxylic acids is 2. The maximum Gasteiger partial charge on any atom is 0.254 e. The van der Waals surface area contributed by atoms with Crippen molar-refractivity contribution >= 4 is 11.8 Å². The first-order valence-corrected chi connectivity index (χ1v) is 9.78. The Morgan fingerprint density at radius 2 is 0.913 bits per heavy atom. The molecule has 0 aromatic rings. The van der Waals surface area contributed by atoms with Gasteiger partial charge in [-0.1, -0.05) is 78.1 Å². The van der Waals surface area contributed by atoms with Crippen LogP contribution in [0.1, 0.15) is 104 Å². The van der Waals surface area contributed by atoms with Gasteiger partial charge in [-0.05, 0) is 25.7 Å². The zero-order chi connectivity index (χ0) is 16.9. The third-order valence-corrected chi connectivity index (χ3v) is 4.70. The Bertz CT molecular complexity index is 362. The molecule has 0 atom stereocenters. The van der Waals surface area contributed by atoms with Gasteiger partial charge in [0, 0.05) is 11.1 Å². The number of unbranched alkanes of at least 4 members (excludes halogenated alkanes) is 10. The highest BCUT2D eigenvalue weighted by Crippen LogP contribution is 2.24. The molecule has 1 rings (SSSR count). The van der Waals surface area contributed by atoms with Crippen LogP contribution in [0.5, 0.6) is 0 Å². The Hall–Kier alpha value is -1.12. The molecule has 3 nitrogen and oxygen atoms in total. The van der Waals surface area contributed by atoms with Crippen LogP contribution < -0.4 is 5.32 Å². The fraction of sp³-hybridized carbons (Fsp3) is 0.800. The molecular formula is C20H35NO2. The van der Waals surface area contributed by atoms with Crippen molar-refractivity contribution in [2.75, 3.05) is 0 Å². The summed E-state index contributed by atoms with van der Waals surface area (Å²) >= 11 is 0. The molecule has 0 aliphatic carbocycles. The highest BCUT2D eigenvalue weighted by atomic mass is 16.2. The zero-order valence-corrected chi connectivity index (χ0v) is 15.2. The van der Waals surface area contributed by atoms with Gasteiger partial charge in [0.25, 0.3) is 11.8 Å². The number of rotatable bonds is 14. The maximum atomic E-state index is 11.9. The van der Waals surface area contributed by atoms with E-state index in [1.54, 1.807) is 0 Å². The normalized spacial score (nSPS) is 14.7. The van der Waals surface area contributed by atoms with Crippen LogP contribution in [0.25, 0.3) is 0 Å². The second-order valence-corrected chi connectivity index (χ2v) is 6.78. The van der Waals surface area contributed by atoms with Gasteiger partial charge in [0.05, 0.1) is 0 Å². The number of imide groups is 1. The summed E-state index contributed by atoms with van der Waals surface area (Å²) in [7, 11) is 0. The van der Waals surface area contributed by atoms with E-state index in [1.807, 2.05) is 0 Å². The highest BCUT2D eigenvalue weighted by Gasteiger charge is 2.28. The minimum Gasteiger partial charge on any atom is -0.289 e. The van der Waals surface area contributed by atoms with Crippen molar-refractivity contribution < 1.29 is 9.59 Å². The van der Waals surface area contributed by atoms with Crippen LogP contribution in [0, 0.1) is 0 Å². The van der Waals surface area contributed by atoms with Gasteiger partial charge in [-0.25, -0.2) is 0 Å². The van der Waals surface area contributed by atoms with Crippen LogP contribution in [0.15, 0.2) is 11.1 Å². The first-order chi connectivity index (χ1) is 11.2. The molecule has 1 heterocycles. The van der Waals surface area contributed by atoms with E-state index in [-0.39, 0.29) is 11.8 Å². The van der Waals surface area contributed by atoms with Crippen LogP contribution in [-0.2, 0) is 9.59 Å².